The highest BCUT2D eigenvalue weighted by Gasteiger charge is 2.24. The number of fused-ring (bicyclic) bond motifs is 2. The molecule has 1 atom stereocenters. The van der Waals surface area contributed by atoms with Gasteiger partial charge in [-0.1, -0.05) is 64.6 Å². The molecule has 4 aromatic carbocycles. The molecule has 0 fully saturated rings. The maximum Gasteiger partial charge on any atom is 0.151 e. The van der Waals surface area contributed by atoms with Gasteiger partial charge in [0.2, 0.25) is 0 Å². The van der Waals surface area contributed by atoms with Crippen LogP contribution < -0.4 is 11.1 Å². The van der Waals surface area contributed by atoms with E-state index in [4.69, 9.17) is 52.1 Å². The van der Waals surface area contributed by atoms with E-state index in [0.717, 1.165) is 22.8 Å². The number of nitrogens with one attached hydrogen (secondary N) is 1. The molecule has 0 aliphatic rings. The van der Waals surface area contributed by atoms with Crippen molar-refractivity contribution in [3.8, 4) is 11.5 Å². The van der Waals surface area contributed by atoms with Gasteiger partial charge in [0.1, 0.15) is 45.8 Å². The zero-order valence-electron chi connectivity index (χ0n) is 31.2. The Kier molecular flexibility index (Phi) is 15.3. The van der Waals surface area contributed by atoms with E-state index < -0.39 is 17.7 Å². The van der Waals surface area contributed by atoms with Crippen molar-refractivity contribution >= 4 is 86.1 Å². The van der Waals surface area contributed by atoms with Crippen LogP contribution in [0.5, 0.6) is 11.5 Å². The molecule has 0 aliphatic carbocycles. The van der Waals surface area contributed by atoms with Crippen LogP contribution in [0.4, 0.5) is 20.4 Å². The van der Waals surface area contributed by atoms with Crippen molar-refractivity contribution in [3.63, 3.8) is 0 Å². The third-order valence-electron chi connectivity index (χ3n) is 8.30. The Bertz CT molecular complexity index is 2690. The van der Waals surface area contributed by atoms with Crippen LogP contribution in [0.2, 0.25) is 20.1 Å². The summed E-state index contributed by atoms with van der Waals surface area (Å²) in [5.41, 5.74) is 9.38. The van der Waals surface area contributed by atoms with Crippen molar-refractivity contribution < 1.29 is 23.8 Å². The molecule has 0 aliphatic heterocycles. The second-order valence-electron chi connectivity index (χ2n) is 12.6. The van der Waals surface area contributed by atoms with Crippen LogP contribution in [-0.4, -0.2) is 36.4 Å². The van der Waals surface area contributed by atoms with Crippen molar-refractivity contribution in [2.45, 2.75) is 19.9 Å². The summed E-state index contributed by atoms with van der Waals surface area (Å²) in [6.07, 6.45) is 3.79. The van der Waals surface area contributed by atoms with Crippen LogP contribution in [0.15, 0.2) is 128 Å². The van der Waals surface area contributed by atoms with E-state index in [2.05, 4.69) is 25.3 Å². The molecule has 8 aromatic rings. The summed E-state index contributed by atoms with van der Waals surface area (Å²) in [5, 5.41) is 26.5. The maximum atomic E-state index is 13.6. The molecule has 0 bridgehead atoms. The van der Waals surface area contributed by atoms with Crippen molar-refractivity contribution in [1.29, 1.82) is 0 Å². The Balaban J connectivity index is 0.000000179. The van der Waals surface area contributed by atoms with Crippen LogP contribution >= 0.6 is 46.4 Å². The predicted octanol–water partition coefficient (Wildman–Crippen LogP) is 12.1. The summed E-state index contributed by atoms with van der Waals surface area (Å²) in [6, 6.07) is 30.2. The van der Waals surface area contributed by atoms with Crippen molar-refractivity contribution in [2.75, 3.05) is 11.1 Å². The fraction of sp³-hybridized carbons (Fsp3) is 0.0682. The Morgan fingerprint density at radius 3 is 1.83 bits per heavy atom. The molecule has 4 aromatic heterocycles. The zero-order valence-corrected chi connectivity index (χ0v) is 34.2. The minimum Gasteiger partial charge on any atom is -0.506 e. The monoisotopic (exact) mass is 872 g/mol. The number of carbonyl (C=O) groups excluding carboxylic acids is 1. The Morgan fingerprint density at radius 2 is 1.25 bits per heavy atom. The van der Waals surface area contributed by atoms with Gasteiger partial charge in [-0.3, -0.25) is 14.8 Å². The third kappa shape index (κ3) is 11.7. The summed E-state index contributed by atoms with van der Waals surface area (Å²) in [4.78, 5) is 26.8. The average Bonchev–Trinajstić information content (AvgIpc) is 3.21. The highest BCUT2D eigenvalue weighted by atomic mass is 35.5. The standard InChI is InChI=1S/C22H16Cl2FN3O.C9H6ClNO.C7H4ClFO.C6H8N2/c1-12-4-2-6-19(27-12)28-20(15-8-7-13(25)10-17(15)23)16-11-18(24)14-5-3-9-26-21(14)22(16)29;10-7-3-4-8(12)9-6(7)2-1-5-11-9;8-7-3-6(9)2-1-5(7)4-10;1-5-3-2-4-6(7)8-5/h2-11,20,29H,1H3,(H,27,28);1-5,12H;1-4H;2-4H,1H3,(H2,7,8). The Morgan fingerprint density at radius 1 is 0.644 bits per heavy atom. The van der Waals surface area contributed by atoms with Gasteiger partial charge in [-0.2, -0.15) is 0 Å². The number of pyridine rings is 4. The number of phenolic OH excluding ortho intramolecular Hbond substituents is 2. The number of rotatable bonds is 5. The molecule has 0 amide bonds. The van der Waals surface area contributed by atoms with Gasteiger partial charge in [0.25, 0.3) is 0 Å². The first kappa shape index (κ1) is 44.0. The molecule has 59 heavy (non-hydrogen) atoms. The lowest BCUT2D eigenvalue weighted by Gasteiger charge is -2.23. The van der Waals surface area contributed by atoms with E-state index in [0.29, 0.717) is 61.1 Å². The number of carbonyl (C=O) groups is 1. The van der Waals surface area contributed by atoms with E-state index >= 15 is 0 Å². The molecular formula is C44H34Cl4F2N6O3. The number of hydrogen-bond acceptors (Lipinski definition) is 9. The first-order chi connectivity index (χ1) is 28.2. The number of aromatic hydroxyl groups is 2. The van der Waals surface area contributed by atoms with Crippen molar-refractivity contribution in [1.82, 2.24) is 19.9 Å². The number of anilines is 2. The number of nitrogens with two attached hydrogens (primary N) is 1. The van der Waals surface area contributed by atoms with E-state index in [1.807, 2.05) is 44.2 Å². The molecular weight excluding hydrogens is 840 g/mol. The number of nitrogen functional groups attached to an aromatic ring is 1. The predicted molar refractivity (Wildman–Crippen MR) is 233 cm³/mol. The lowest BCUT2D eigenvalue weighted by Crippen LogP contribution is -2.15. The number of hydrogen-bond donors (Lipinski definition) is 4. The maximum absolute atomic E-state index is 13.6. The van der Waals surface area contributed by atoms with Gasteiger partial charge >= 0.3 is 0 Å². The van der Waals surface area contributed by atoms with Crippen LogP contribution in [0, 0.1) is 25.5 Å². The van der Waals surface area contributed by atoms with E-state index in [1.165, 1.54) is 30.3 Å². The van der Waals surface area contributed by atoms with Crippen molar-refractivity contribution in [2.24, 2.45) is 0 Å². The van der Waals surface area contributed by atoms with Gasteiger partial charge in [-0.25, -0.2) is 18.7 Å². The smallest absolute Gasteiger partial charge is 0.151 e. The van der Waals surface area contributed by atoms with Gasteiger partial charge in [0.15, 0.2) is 6.29 Å². The van der Waals surface area contributed by atoms with Crippen LogP contribution in [0.25, 0.3) is 21.8 Å². The number of halogens is 6. The number of nitrogens with zero attached hydrogens (tertiary/aromatic N) is 4. The Labute approximate surface area is 358 Å². The zero-order chi connectivity index (χ0) is 42.6. The molecule has 4 heterocycles. The molecule has 15 heteroatoms. The summed E-state index contributed by atoms with van der Waals surface area (Å²) in [6.45, 7) is 3.79. The first-order valence-electron chi connectivity index (χ1n) is 17.5. The molecule has 300 valence electrons. The molecule has 9 nitrogen and oxygen atoms in total. The largest absolute Gasteiger partial charge is 0.506 e. The number of aromatic nitrogens is 4. The fourth-order valence-corrected chi connectivity index (χ4v) is 6.51. The van der Waals surface area contributed by atoms with Crippen LogP contribution in [0.1, 0.15) is 38.9 Å². The normalized spacial score (nSPS) is 10.9. The average molecular weight is 875 g/mol. The summed E-state index contributed by atoms with van der Waals surface area (Å²) < 4.78 is 25.9. The molecule has 0 saturated heterocycles. The molecule has 8 rings (SSSR count). The highest BCUT2D eigenvalue weighted by Crippen LogP contribution is 2.41. The second-order valence-corrected chi connectivity index (χ2v) is 14.2. The third-order valence-corrected chi connectivity index (χ3v) is 9.60. The quantitative estimate of drug-likeness (QED) is 0.124. The second kappa shape index (κ2) is 20.5. The fourth-order valence-electron chi connectivity index (χ4n) is 5.54. The number of phenols is 2. The number of aryl methyl sites for hydroxylation is 2. The van der Waals surface area contributed by atoms with Crippen molar-refractivity contribution in [3.05, 3.63) is 187 Å². The van der Waals surface area contributed by atoms with Crippen LogP contribution in [-0.2, 0) is 0 Å². The van der Waals surface area contributed by atoms with E-state index in [1.54, 1.807) is 60.9 Å². The lowest BCUT2D eigenvalue weighted by atomic mass is 9.96. The van der Waals surface area contributed by atoms with Gasteiger partial charge < -0.3 is 21.3 Å². The molecule has 1 unspecified atom stereocenters. The highest BCUT2D eigenvalue weighted by molar-refractivity contribution is 6.36. The van der Waals surface area contributed by atoms with Crippen LogP contribution in [0.3, 0.4) is 0 Å². The van der Waals surface area contributed by atoms with E-state index in [-0.39, 0.29) is 21.5 Å². The first-order valence-corrected chi connectivity index (χ1v) is 19.0. The molecule has 0 radical (unpaired) electrons. The number of aldehydes is 1. The van der Waals surface area contributed by atoms with E-state index in [9.17, 15) is 23.8 Å². The molecule has 5 N–H and O–H groups in total. The minimum absolute atomic E-state index is 0.0319. The minimum atomic E-state index is -0.638. The summed E-state index contributed by atoms with van der Waals surface area (Å²) in [5.74, 6) is 0.409. The summed E-state index contributed by atoms with van der Waals surface area (Å²) >= 11 is 24.2. The topological polar surface area (TPSA) is 147 Å². The number of benzene rings is 4. The van der Waals surface area contributed by atoms with Gasteiger partial charge in [-0.15, -0.1) is 0 Å². The van der Waals surface area contributed by atoms with Gasteiger partial charge in [-0.05, 0) is 116 Å². The van der Waals surface area contributed by atoms with Gasteiger partial charge in [0.05, 0.1) is 21.1 Å². The SMILES string of the molecule is Cc1cccc(N)n1.Cc1cccc(NC(c2ccc(F)cc2Cl)c2cc(Cl)c3cccnc3c2O)n1.O=Cc1ccc(F)cc1Cl.Oc1ccc(Cl)c2cccnc12. The molecule has 0 saturated carbocycles. The Hall–Kier alpha value is -6.11. The van der Waals surface area contributed by atoms with Gasteiger partial charge in [0, 0.05) is 50.7 Å². The lowest BCUT2D eigenvalue weighted by molar-refractivity contribution is 0.112. The summed E-state index contributed by atoms with van der Waals surface area (Å²) in [7, 11) is 0. The molecule has 0 spiro atoms.